The zero-order valence-electron chi connectivity index (χ0n) is 10.6. The van der Waals surface area contributed by atoms with E-state index in [1.807, 2.05) is 6.07 Å². The number of rotatable bonds is 2. The van der Waals surface area contributed by atoms with Gasteiger partial charge in [0.25, 0.3) is 0 Å². The molecule has 1 aliphatic rings. The van der Waals surface area contributed by atoms with E-state index >= 15 is 0 Å². The highest BCUT2D eigenvalue weighted by molar-refractivity contribution is 5.34. The van der Waals surface area contributed by atoms with Gasteiger partial charge in [0.2, 0.25) is 0 Å². The van der Waals surface area contributed by atoms with Crippen LogP contribution in [0, 0.1) is 23.1 Å². The molecular weight excluding hydrogens is 229 g/mol. The van der Waals surface area contributed by atoms with Crippen LogP contribution in [0.1, 0.15) is 24.5 Å². The molecule has 1 aromatic carbocycles. The SMILES string of the molecule is CC1CN(Cc2ccc(F)c(C#N)c2)CCC1N. The number of likely N-dealkylation sites (tertiary alicyclic amines) is 1. The van der Waals surface area contributed by atoms with Crippen molar-refractivity contribution in [2.45, 2.75) is 25.9 Å². The van der Waals surface area contributed by atoms with Crippen LogP contribution in [-0.2, 0) is 6.54 Å². The summed E-state index contributed by atoms with van der Waals surface area (Å²) in [5.41, 5.74) is 7.08. The van der Waals surface area contributed by atoms with E-state index in [1.165, 1.54) is 6.07 Å². The zero-order chi connectivity index (χ0) is 13.1. The van der Waals surface area contributed by atoms with Crippen LogP contribution >= 0.6 is 0 Å². The first-order valence-electron chi connectivity index (χ1n) is 6.26. The number of nitrogens with zero attached hydrogens (tertiary/aromatic N) is 2. The molecule has 96 valence electrons. The smallest absolute Gasteiger partial charge is 0.140 e. The second-order valence-corrected chi connectivity index (χ2v) is 5.09. The Hall–Kier alpha value is -1.44. The summed E-state index contributed by atoms with van der Waals surface area (Å²) in [6, 6.07) is 6.90. The minimum Gasteiger partial charge on any atom is -0.327 e. The summed E-state index contributed by atoms with van der Waals surface area (Å²) in [6.07, 6.45) is 0.994. The van der Waals surface area contributed by atoms with Crippen LogP contribution in [0.4, 0.5) is 4.39 Å². The van der Waals surface area contributed by atoms with Crippen molar-refractivity contribution in [3.63, 3.8) is 0 Å². The topological polar surface area (TPSA) is 53.0 Å². The summed E-state index contributed by atoms with van der Waals surface area (Å²) in [5, 5.41) is 8.81. The van der Waals surface area contributed by atoms with Crippen LogP contribution in [0.5, 0.6) is 0 Å². The lowest BCUT2D eigenvalue weighted by atomic mass is 9.94. The number of benzene rings is 1. The molecule has 1 saturated heterocycles. The van der Waals surface area contributed by atoms with Crippen LogP contribution in [0.3, 0.4) is 0 Å². The second-order valence-electron chi connectivity index (χ2n) is 5.09. The molecule has 2 N–H and O–H groups in total. The third-order valence-electron chi connectivity index (χ3n) is 3.61. The van der Waals surface area contributed by atoms with Gasteiger partial charge in [-0.05, 0) is 36.6 Å². The largest absolute Gasteiger partial charge is 0.327 e. The monoisotopic (exact) mass is 247 g/mol. The highest BCUT2D eigenvalue weighted by Gasteiger charge is 2.23. The van der Waals surface area contributed by atoms with E-state index in [9.17, 15) is 4.39 Å². The molecule has 0 aromatic heterocycles. The fourth-order valence-corrected chi connectivity index (χ4v) is 2.41. The Balaban J connectivity index is 2.04. The van der Waals surface area contributed by atoms with E-state index in [2.05, 4.69) is 11.8 Å². The van der Waals surface area contributed by atoms with Crippen molar-refractivity contribution >= 4 is 0 Å². The molecular formula is C14H18FN3. The van der Waals surface area contributed by atoms with Gasteiger partial charge in [-0.15, -0.1) is 0 Å². The summed E-state index contributed by atoms with van der Waals surface area (Å²) in [7, 11) is 0. The zero-order valence-corrected chi connectivity index (χ0v) is 10.6. The van der Waals surface area contributed by atoms with Crippen molar-refractivity contribution in [3.05, 3.63) is 35.1 Å². The van der Waals surface area contributed by atoms with Crippen molar-refractivity contribution in [2.24, 2.45) is 11.7 Å². The van der Waals surface area contributed by atoms with Crippen molar-refractivity contribution < 1.29 is 4.39 Å². The number of hydrogen-bond donors (Lipinski definition) is 1. The maximum atomic E-state index is 13.2. The van der Waals surface area contributed by atoms with Gasteiger partial charge in [0.1, 0.15) is 11.9 Å². The first-order chi connectivity index (χ1) is 8.60. The highest BCUT2D eigenvalue weighted by Crippen LogP contribution is 2.18. The van der Waals surface area contributed by atoms with E-state index in [0.29, 0.717) is 5.92 Å². The van der Waals surface area contributed by atoms with Gasteiger partial charge < -0.3 is 5.73 Å². The van der Waals surface area contributed by atoms with E-state index in [1.54, 1.807) is 12.1 Å². The van der Waals surface area contributed by atoms with Crippen molar-refractivity contribution in [2.75, 3.05) is 13.1 Å². The van der Waals surface area contributed by atoms with Gasteiger partial charge in [-0.2, -0.15) is 5.26 Å². The van der Waals surface area contributed by atoms with Gasteiger partial charge in [-0.25, -0.2) is 4.39 Å². The maximum Gasteiger partial charge on any atom is 0.140 e. The van der Waals surface area contributed by atoms with E-state index in [4.69, 9.17) is 11.0 Å². The van der Waals surface area contributed by atoms with Crippen molar-refractivity contribution in [1.29, 1.82) is 5.26 Å². The van der Waals surface area contributed by atoms with Gasteiger partial charge in [0.15, 0.2) is 0 Å². The predicted octanol–water partition coefficient (Wildman–Crippen LogP) is 1.87. The van der Waals surface area contributed by atoms with E-state index in [-0.39, 0.29) is 11.6 Å². The molecule has 0 radical (unpaired) electrons. The number of nitrogens with two attached hydrogens (primary N) is 1. The molecule has 3 nitrogen and oxygen atoms in total. The standard InChI is InChI=1S/C14H18FN3/c1-10-8-18(5-4-14(10)17)9-11-2-3-13(15)12(6-11)7-16/h2-3,6,10,14H,4-5,8-9,17H2,1H3. The molecule has 1 fully saturated rings. The molecule has 18 heavy (non-hydrogen) atoms. The fraction of sp³-hybridized carbons (Fsp3) is 0.500. The number of halogens is 1. The summed E-state index contributed by atoms with van der Waals surface area (Å²) < 4.78 is 13.2. The Morgan fingerprint density at radius 2 is 2.33 bits per heavy atom. The summed E-state index contributed by atoms with van der Waals surface area (Å²) in [6.45, 7) is 4.83. The third-order valence-corrected chi connectivity index (χ3v) is 3.61. The lowest BCUT2D eigenvalue weighted by molar-refractivity contribution is 0.158. The third kappa shape index (κ3) is 2.87. The molecule has 0 bridgehead atoms. The Morgan fingerprint density at radius 1 is 1.56 bits per heavy atom. The first kappa shape index (κ1) is 13.0. The molecule has 1 heterocycles. The van der Waals surface area contributed by atoms with E-state index < -0.39 is 5.82 Å². The quantitative estimate of drug-likeness (QED) is 0.868. The average molecular weight is 247 g/mol. The molecule has 4 heteroatoms. The first-order valence-corrected chi connectivity index (χ1v) is 6.26. The maximum absolute atomic E-state index is 13.2. The second kappa shape index (κ2) is 5.47. The normalized spacial score (nSPS) is 24.8. The molecule has 0 spiro atoms. The fourth-order valence-electron chi connectivity index (χ4n) is 2.41. The van der Waals surface area contributed by atoms with Crippen LogP contribution < -0.4 is 5.73 Å². The number of piperidine rings is 1. The lowest BCUT2D eigenvalue weighted by Crippen LogP contribution is -2.45. The molecule has 0 saturated carbocycles. The molecule has 2 rings (SSSR count). The predicted molar refractivity (Wildman–Crippen MR) is 68.1 cm³/mol. The minimum atomic E-state index is -0.449. The van der Waals surface area contributed by atoms with Crippen molar-refractivity contribution in [3.8, 4) is 6.07 Å². The van der Waals surface area contributed by atoms with E-state index in [0.717, 1.165) is 31.6 Å². The molecule has 2 atom stereocenters. The van der Waals surface area contributed by atoms with Gasteiger partial charge in [-0.1, -0.05) is 13.0 Å². The molecule has 1 aliphatic heterocycles. The molecule has 2 unspecified atom stereocenters. The van der Waals surface area contributed by atoms with Gasteiger partial charge in [0, 0.05) is 19.1 Å². The van der Waals surface area contributed by atoms with Crippen LogP contribution in [0.25, 0.3) is 0 Å². The Morgan fingerprint density at radius 3 is 3.00 bits per heavy atom. The average Bonchev–Trinajstić information content (AvgIpc) is 2.36. The minimum absolute atomic E-state index is 0.120. The summed E-state index contributed by atoms with van der Waals surface area (Å²) in [4.78, 5) is 2.31. The van der Waals surface area contributed by atoms with Crippen LogP contribution in [-0.4, -0.2) is 24.0 Å². The van der Waals surface area contributed by atoms with Gasteiger partial charge in [-0.3, -0.25) is 4.90 Å². The Kier molecular flexibility index (Phi) is 3.95. The molecule has 1 aromatic rings. The highest BCUT2D eigenvalue weighted by atomic mass is 19.1. The number of nitriles is 1. The van der Waals surface area contributed by atoms with Crippen LogP contribution in [0.15, 0.2) is 18.2 Å². The Bertz CT molecular complexity index is 467. The Labute approximate surface area is 107 Å². The summed E-state index contributed by atoms with van der Waals surface area (Å²) in [5.74, 6) is 0.0323. The van der Waals surface area contributed by atoms with Gasteiger partial charge >= 0.3 is 0 Å². The molecule has 0 aliphatic carbocycles. The summed E-state index contributed by atoms with van der Waals surface area (Å²) >= 11 is 0. The number of hydrogen-bond acceptors (Lipinski definition) is 3. The van der Waals surface area contributed by atoms with Gasteiger partial charge in [0.05, 0.1) is 5.56 Å². The lowest BCUT2D eigenvalue weighted by Gasteiger charge is -2.35. The van der Waals surface area contributed by atoms with Crippen LogP contribution in [0.2, 0.25) is 0 Å². The molecule has 0 amide bonds. The van der Waals surface area contributed by atoms with Crippen molar-refractivity contribution in [1.82, 2.24) is 4.90 Å².